The predicted molar refractivity (Wildman–Crippen MR) is 101 cm³/mol. The fraction of sp³-hybridized carbons (Fsp3) is 0.632. The summed E-state index contributed by atoms with van der Waals surface area (Å²) in [6, 6.07) is 3.25. The standard InChI is InChI=1S/C19H29ClN2O3/c1-13-8-14(2)12-22(11-13)7-5-6-21-19(23)15-9-16(20)18(25-4)17(10-15)24-3/h9-10,13-14H,5-8,11-12H2,1-4H3,(H,21,23)/t13-,14+. The lowest BCUT2D eigenvalue weighted by molar-refractivity contribution is 0.0947. The molecule has 1 aliphatic heterocycles. The van der Waals surface area contributed by atoms with Gasteiger partial charge in [-0.25, -0.2) is 0 Å². The van der Waals surface area contributed by atoms with Gasteiger partial charge in [-0.2, -0.15) is 0 Å². The summed E-state index contributed by atoms with van der Waals surface area (Å²) in [6.45, 7) is 8.59. The van der Waals surface area contributed by atoms with E-state index < -0.39 is 0 Å². The van der Waals surface area contributed by atoms with Crippen LogP contribution in [0.2, 0.25) is 5.02 Å². The van der Waals surface area contributed by atoms with Crippen molar-refractivity contribution in [3.8, 4) is 11.5 Å². The summed E-state index contributed by atoms with van der Waals surface area (Å²) in [5.74, 6) is 2.26. The van der Waals surface area contributed by atoms with Crippen LogP contribution in [0.4, 0.5) is 0 Å². The molecule has 1 fully saturated rings. The lowest BCUT2D eigenvalue weighted by Gasteiger charge is -2.34. The number of rotatable bonds is 7. The summed E-state index contributed by atoms with van der Waals surface area (Å²) in [6.07, 6.45) is 2.25. The molecule has 1 saturated heterocycles. The normalized spacial score (nSPS) is 21.0. The smallest absolute Gasteiger partial charge is 0.251 e. The Labute approximate surface area is 155 Å². The molecule has 0 aromatic heterocycles. The van der Waals surface area contributed by atoms with Gasteiger partial charge in [0.2, 0.25) is 0 Å². The Morgan fingerprint density at radius 2 is 1.92 bits per heavy atom. The monoisotopic (exact) mass is 368 g/mol. The van der Waals surface area contributed by atoms with Crippen molar-refractivity contribution in [3.63, 3.8) is 0 Å². The second-order valence-corrected chi connectivity index (χ2v) is 7.42. The molecule has 6 heteroatoms. The highest BCUT2D eigenvalue weighted by Crippen LogP contribution is 2.35. The molecular formula is C19H29ClN2O3. The number of amides is 1. The molecule has 1 N–H and O–H groups in total. The number of hydrogen-bond acceptors (Lipinski definition) is 4. The average Bonchev–Trinajstić information content (AvgIpc) is 2.56. The molecule has 0 radical (unpaired) electrons. The summed E-state index contributed by atoms with van der Waals surface area (Å²) >= 11 is 6.16. The van der Waals surface area contributed by atoms with Crippen molar-refractivity contribution in [2.45, 2.75) is 26.7 Å². The van der Waals surface area contributed by atoms with Gasteiger partial charge in [0.1, 0.15) is 0 Å². The minimum absolute atomic E-state index is 0.150. The molecule has 0 unspecified atom stereocenters. The fourth-order valence-electron chi connectivity index (χ4n) is 3.63. The summed E-state index contributed by atoms with van der Waals surface area (Å²) < 4.78 is 10.4. The highest BCUT2D eigenvalue weighted by molar-refractivity contribution is 6.32. The van der Waals surface area contributed by atoms with Gasteiger partial charge < -0.3 is 19.7 Å². The minimum atomic E-state index is -0.150. The summed E-state index contributed by atoms with van der Waals surface area (Å²) in [5.41, 5.74) is 0.475. The van der Waals surface area contributed by atoms with E-state index in [0.717, 1.165) is 37.9 Å². The van der Waals surface area contributed by atoms with E-state index in [-0.39, 0.29) is 5.91 Å². The Hall–Kier alpha value is -1.46. The quantitative estimate of drug-likeness (QED) is 0.749. The number of benzene rings is 1. The van der Waals surface area contributed by atoms with Gasteiger partial charge in [-0.1, -0.05) is 25.4 Å². The van der Waals surface area contributed by atoms with Crippen LogP contribution >= 0.6 is 11.6 Å². The number of piperidine rings is 1. The molecule has 5 nitrogen and oxygen atoms in total. The van der Waals surface area contributed by atoms with Crippen LogP contribution < -0.4 is 14.8 Å². The summed E-state index contributed by atoms with van der Waals surface area (Å²) in [5, 5.41) is 3.32. The Bertz CT molecular complexity index is 584. The zero-order valence-electron chi connectivity index (χ0n) is 15.6. The lowest BCUT2D eigenvalue weighted by Crippen LogP contribution is -2.40. The SMILES string of the molecule is COc1cc(C(=O)NCCCN2C[C@H](C)C[C@H](C)C2)cc(Cl)c1OC. The second-order valence-electron chi connectivity index (χ2n) is 7.01. The van der Waals surface area contributed by atoms with Crippen molar-refractivity contribution in [2.75, 3.05) is 40.4 Å². The first-order valence-electron chi connectivity index (χ1n) is 8.86. The number of nitrogens with zero attached hydrogens (tertiary/aromatic N) is 1. The molecule has 140 valence electrons. The predicted octanol–water partition coefficient (Wildman–Crippen LogP) is 3.46. The Kier molecular flexibility index (Phi) is 7.38. The van der Waals surface area contributed by atoms with Gasteiger partial charge in [0.25, 0.3) is 5.91 Å². The van der Waals surface area contributed by atoms with E-state index in [9.17, 15) is 4.79 Å². The minimum Gasteiger partial charge on any atom is -0.493 e. The van der Waals surface area contributed by atoms with Crippen molar-refractivity contribution < 1.29 is 14.3 Å². The van der Waals surface area contributed by atoms with Gasteiger partial charge in [-0.15, -0.1) is 0 Å². The van der Waals surface area contributed by atoms with Crippen LogP contribution in [0, 0.1) is 11.8 Å². The third-order valence-electron chi connectivity index (χ3n) is 4.58. The van der Waals surface area contributed by atoms with Crippen molar-refractivity contribution in [1.82, 2.24) is 10.2 Å². The molecule has 1 heterocycles. The highest BCUT2D eigenvalue weighted by Gasteiger charge is 2.21. The van der Waals surface area contributed by atoms with Crippen molar-refractivity contribution in [2.24, 2.45) is 11.8 Å². The van der Waals surface area contributed by atoms with Crippen molar-refractivity contribution in [3.05, 3.63) is 22.7 Å². The van der Waals surface area contributed by atoms with Gasteiger partial charge in [-0.05, 0) is 43.4 Å². The molecule has 0 saturated carbocycles. The zero-order valence-corrected chi connectivity index (χ0v) is 16.4. The van der Waals surface area contributed by atoms with E-state index in [1.54, 1.807) is 12.1 Å². The summed E-state index contributed by atoms with van der Waals surface area (Å²) in [7, 11) is 3.04. The number of carbonyl (C=O) groups excluding carboxylic acids is 1. The molecule has 1 aliphatic rings. The third kappa shape index (κ3) is 5.51. The first-order chi connectivity index (χ1) is 11.9. The Balaban J connectivity index is 1.83. The number of carbonyl (C=O) groups is 1. The van der Waals surface area contributed by atoms with Crippen LogP contribution in [0.3, 0.4) is 0 Å². The van der Waals surface area contributed by atoms with Crippen LogP contribution in [0.15, 0.2) is 12.1 Å². The van der Waals surface area contributed by atoms with Gasteiger partial charge in [-0.3, -0.25) is 4.79 Å². The maximum Gasteiger partial charge on any atom is 0.251 e. The molecule has 2 rings (SSSR count). The van der Waals surface area contributed by atoms with Crippen LogP contribution in [-0.2, 0) is 0 Å². The van der Waals surface area contributed by atoms with E-state index in [1.807, 2.05) is 0 Å². The van der Waals surface area contributed by atoms with Crippen LogP contribution in [-0.4, -0.2) is 51.2 Å². The van der Waals surface area contributed by atoms with E-state index in [2.05, 4.69) is 24.1 Å². The number of ether oxygens (including phenoxy) is 2. The van der Waals surface area contributed by atoms with Crippen LogP contribution in [0.25, 0.3) is 0 Å². The number of hydrogen-bond donors (Lipinski definition) is 1. The van der Waals surface area contributed by atoms with Crippen molar-refractivity contribution in [1.29, 1.82) is 0 Å². The molecule has 1 amide bonds. The first-order valence-corrected chi connectivity index (χ1v) is 9.24. The molecule has 0 spiro atoms. The lowest BCUT2D eigenvalue weighted by atomic mass is 9.92. The molecule has 25 heavy (non-hydrogen) atoms. The molecule has 1 aromatic rings. The largest absolute Gasteiger partial charge is 0.493 e. The number of likely N-dealkylation sites (tertiary alicyclic amines) is 1. The van der Waals surface area contributed by atoms with Gasteiger partial charge >= 0.3 is 0 Å². The highest BCUT2D eigenvalue weighted by atomic mass is 35.5. The summed E-state index contributed by atoms with van der Waals surface area (Å²) in [4.78, 5) is 14.8. The third-order valence-corrected chi connectivity index (χ3v) is 4.86. The molecule has 0 bridgehead atoms. The van der Waals surface area contributed by atoms with E-state index in [4.69, 9.17) is 21.1 Å². The number of nitrogens with one attached hydrogen (secondary N) is 1. The van der Waals surface area contributed by atoms with Crippen molar-refractivity contribution >= 4 is 17.5 Å². The van der Waals surface area contributed by atoms with Crippen LogP contribution in [0.1, 0.15) is 37.0 Å². The zero-order chi connectivity index (χ0) is 18.4. The first kappa shape index (κ1) is 19.9. The van der Waals surface area contributed by atoms with Gasteiger partial charge in [0.15, 0.2) is 11.5 Å². The molecular weight excluding hydrogens is 340 g/mol. The van der Waals surface area contributed by atoms with E-state index in [1.165, 1.54) is 20.6 Å². The van der Waals surface area contributed by atoms with Crippen LogP contribution in [0.5, 0.6) is 11.5 Å². The maximum atomic E-state index is 12.3. The number of methoxy groups -OCH3 is 2. The molecule has 1 aromatic carbocycles. The topological polar surface area (TPSA) is 50.8 Å². The molecule has 2 atom stereocenters. The molecule has 0 aliphatic carbocycles. The Morgan fingerprint density at radius 3 is 2.52 bits per heavy atom. The fourth-order valence-corrected chi connectivity index (χ4v) is 3.92. The van der Waals surface area contributed by atoms with Gasteiger partial charge in [0.05, 0.1) is 19.2 Å². The second kappa shape index (κ2) is 9.30. The van der Waals surface area contributed by atoms with Gasteiger partial charge in [0, 0.05) is 25.2 Å². The van der Waals surface area contributed by atoms with E-state index >= 15 is 0 Å². The number of halogens is 1. The Morgan fingerprint density at radius 1 is 1.24 bits per heavy atom. The average molecular weight is 369 g/mol. The maximum absolute atomic E-state index is 12.3. The van der Waals surface area contributed by atoms with E-state index in [0.29, 0.717) is 28.6 Å².